The van der Waals surface area contributed by atoms with E-state index in [0.717, 1.165) is 5.56 Å². The standard InChI is InChI=1S/C14H19NO4/c1-19-10-9-12(14(17)18)15-13(16)8-7-11-5-3-2-4-6-11/h2-6,12H,7-10H2,1H3,(H,15,16)(H,17,18). The fourth-order valence-electron chi connectivity index (χ4n) is 1.66. The summed E-state index contributed by atoms with van der Waals surface area (Å²) in [6.45, 7) is 0.302. The van der Waals surface area contributed by atoms with Crippen LogP contribution >= 0.6 is 0 Å². The largest absolute Gasteiger partial charge is 0.480 e. The summed E-state index contributed by atoms with van der Waals surface area (Å²) in [6.07, 6.45) is 1.15. The molecule has 5 heteroatoms. The summed E-state index contributed by atoms with van der Waals surface area (Å²) in [5, 5.41) is 11.5. The number of carbonyl (C=O) groups excluding carboxylic acids is 1. The first-order valence-electron chi connectivity index (χ1n) is 6.18. The number of carboxylic acid groups (broad SMARTS) is 1. The summed E-state index contributed by atoms with van der Waals surface area (Å²) < 4.78 is 4.82. The molecule has 1 unspecified atom stereocenters. The van der Waals surface area contributed by atoms with Crippen molar-refractivity contribution in [2.75, 3.05) is 13.7 Å². The Labute approximate surface area is 112 Å². The van der Waals surface area contributed by atoms with Crippen molar-refractivity contribution in [2.45, 2.75) is 25.3 Å². The minimum atomic E-state index is -1.04. The van der Waals surface area contributed by atoms with Gasteiger partial charge in [-0.3, -0.25) is 4.79 Å². The van der Waals surface area contributed by atoms with E-state index in [1.54, 1.807) is 0 Å². The first-order valence-corrected chi connectivity index (χ1v) is 6.18. The highest BCUT2D eigenvalue weighted by Crippen LogP contribution is 2.03. The van der Waals surface area contributed by atoms with Gasteiger partial charge in [-0.2, -0.15) is 0 Å². The fourth-order valence-corrected chi connectivity index (χ4v) is 1.66. The van der Waals surface area contributed by atoms with Gasteiger partial charge in [0.15, 0.2) is 0 Å². The molecule has 0 aliphatic rings. The summed E-state index contributed by atoms with van der Waals surface area (Å²) >= 11 is 0. The van der Waals surface area contributed by atoms with E-state index in [-0.39, 0.29) is 18.7 Å². The van der Waals surface area contributed by atoms with Crippen LogP contribution in [0.15, 0.2) is 30.3 Å². The molecule has 1 atom stereocenters. The molecule has 1 aromatic carbocycles. The van der Waals surface area contributed by atoms with Crippen LogP contribution in [0.25, 0.3) is 0 Å². The number of hydrogen-bond acceptors (Lipinski definition) is 3. The van der Waals surface area contributed by atoms with Crippen molar-refractivity contribution >= 4 is 11.9 Å². The highest BCUT2D eigenvalue weighted by atomic mass is 16.5. The molecule has 0 radical (unpaired) electrons. The maximum absolute atomic E-state index is 11.7. The Kier molecular flexibility index (Phi) is 6.60. The molecule has 0 heterocycles. The molecule has 2 N–H and O–H groups in total. The Morgan fingerprint density at radius 1 is 1.32 bits per heavy atom. The third-order valence-corrected chi connectivity index (χ3v) is 2.73. The van der Waals surface area contributed by atoms with Crippen LogP contribution in [0.2, 0.25) is 0 Å². The highest BCUT2D eigenvalue weighted by Gasteiger charge is 2.19. The van der Waals surface area contributed by atoms with Crippen molar-refractivity contribution in [3.8, 4) is 0 Å². The van der Waals surface area contributed by atoms with Gasteiger partial charge in [0.25, 0.3) is 0 Å². The normalized spacial score (nSPS) is 11.8. The van der Waals surface area contributed by atoms with Crippen LogP contribution < -0.4 is 5.32 Å². The van der Waals surface area contributed by atoms with Crippen LogP contribution in [-0.4, -0.2) is 36.7 Å². The van der Waals surface area contributed by atoms with Crippen LogP contribution in [-0.2, 0) is 20.7 Å². The van der Waals surface area contributed by atoms with Gasteiger partial charge in [-0.1, -0.05) is 30.3 Å². The molecule has 1 amide bonds. The van der Waals surface area contributed by atoms with Crippen LogP contribution in [0.5, 0.6) is 0 Å². The minimum absolute atomic E-state index is 0.257. The van der Waals surface area contributed by atoms with E-state index in [1.807, 2.05) is 30.3 Å². The zero-order valence-corrected chi connectivity index (χ0v) is 11.0. The lowest BCUT2D eigenvalue weighted by Gasteiger charge is -2.13. The number of amides is 1. The minimum Gasteiger partial charge on any atom is -0.480 e. The SMILES string of the molecule is COCCC(NC(=O)CCc1ccccc1)C(=O)O. The number of nitrogens with one attached hydrogen (secondary N) is 1. The van der Waals surface area contributed by atoms with Crippen LogP contribution in [0, 0.1) is 0 Å². The van der Waals surface area contributed by atoms with Crippen molar-refractivity contribution in [1.82, 2.24) is 5.32 Å². The Hall–Kier alpha value is -1.88. The molecular formula is C14H19NO4. The molecule has 0 aliphatic heterocycles. The van der Waals surface area contributed by atoms with E-state index >= 15 is 0 Å². The van der Waals surface area contributed by atoms with E-state index < -0.39 is 12.0 Å². The summed E-state index contributed by atoms with van der Waals surface area (Å²) in [7, 11) is 1.50. The molecule has 5 nitrogen and oxygen atoms in total. The molecule has 0 spiro atoms. The molecule has 0 saturated heterocycles. The van der Waals surface area contributed by atoms with Gasteiger partial charge in [0.2, 0.25) is 5.91 Å². The zero-order valence-electron chi connectivity index (χ0n) is 11.0. The zero-order chi connectivity index (χ0) is 14.1. The Bertz CT molecular complexity index is 405. The van der Waals surface area contributed by atoms with Crippen molar-refractivity contribution in [1.29, 1.82) is 0 Å². The van der Waals surface area contributed by atoms with Gasteiger partial charge in [-0.05, 0) is 12.0 Å². The maximum Gasteiger partial charge on any atom is 0.326 e. The van der Waals surface area contributed by atoms with Crippen molar-refractivity contribution in [2.24, 2.45) is 0 Å². The van der Waals surface area contributed by atoms with E-state index in [0.29, 0.717) is 13.0 Å². The van der Waals surface area contributed by atoms with Gasteiger partial charge in [0.05, 0.1) is 0 Å². The number of benzene rings is 1. The molecule has 0 fully saturated rings. The second kappa shape index (κ2) is 8.26. The van der Waals surface area contributed by atoms with E-state index in [2.05, 4.69) is 5.32 Å². The molecule has 0 aromatic heterocycles. The number of aryl methyl sites for hydroxylation is 1. The number of ether oxygens (including phenoxy) is 1. The van der Waals surface area contributed by atoms with Gasteiger partial charge in [0, 0.05) is 26.6 Å². The van der Waals surface area contributed by atoms with Gasteiger partial charge >= 0.3 is 5.97 Å². The first-order chi connectivity index (χ1) is 9.13. The van der Waals surface area contributed by atoms with E-state index in [4.69, 9.17) is 9.84 Å². The van der Waals surface area contributed by atoms with Crippen molar-refractivity contribution in [3.05, 3.63) is 35.9 Å². The lowest BCUT2D eigenvalue weighted by atomic mass is 10.1. The predicted octanol–water partition coefficient (Wildman–Crippen LogP) is 1.23. The molecular weight excluding hydrogens is 246 g/mol. The fraction of sp³-hybridized carbons (Fsp3) is 0.429. The summed E-state index contributed by atoms with van der Waals surface area (Å²) in [4.78, 5) is 22.6. The van der Waals surface area contributed by atoms with Crippen molar-refractivity contribution < 1.29 is 19.4 Å². The van der Waals surface area contributed by atoms with Gasteiger partial charge in [-0.25, -0.2) is 4.79 Å². The second-order valence-electron chi connectivity index (χ2n) is 4.23. The average molecular weight is 265 g/mol. The predicted molar refractivity (Wildman–Crippen MR) is 70.8 cm³/mol. The van der Waals surface area contributed by atoms with Gasteiger partial charge in [-0.15, -0.1) is 0 Å². The van der Waals surface area contributed by atoms with Crippen LogP contribution in [0.3, 0.4) is 0 Å². The number of aliphatic carboxylic acids is 1. The molecule has 1 aromatic rings. The third kappa shape index (κ3) is 6.01. The molecule has 0 bridgehead atoms. The van der Waals surface area contributed by atoms with Crippen molar-refractivity contribution in [3.63, 3.8) is 0 Å². The van der Waals surface area contributed by atoms with Gasteiger partial charge in [0.1, 0.15) is 6.04 Å². The summed E-state index contributed by atoms with van der Waals surface area (Å²) in [5.41, 5.74) is 1.06. The first kappa shape index (κ1) is 15.2. The average Bonchev–Trinajstić information content (AvgIpc) is 2.42. The molecule has 1 rings (SSSR count). The molecule has 0 aliphatic carbocycles. The second-order valence-corrected chi connectivity index (χ2v) is 4.23. The Morgan fingerprint density at radius 3 is 2.58 bits per heavy atom. The Morgan fingerprint density at radius 2 is 2.00 bits per heavy atom. The number of carboxylic acids is 1. The quantitative estimate of drug-likeness (QED) is 0.741. The Balaban J connectivity index is 2.38. The smallest absolute Gasteiger partial charge is 0.326 e. The number of rotatable bonds is 8. The van der Waals surface area contributed by atoms with Crippen LogP contribution in [0.4, 0.5) is 0 Å². The number of methoxy groups -OCH3 is 1. The molecule has 0 saturated carbocycles. The third-order valence-electron chi connectivity index (χ3n) is 2.73. The number of hydrogen-bond donors (Lipinski definition) is 2. The molecule has 104 valence electrons. The summed E-state index contributed by atoms with van der Waals surface area (Å²) in [5.74, 6) is -1.29. The molecule has 19 heavy (non-hydrogen) atoms. The lowest BCUT2D eigenvalue weighted by Crippen LogP contribution is -2.41. The maximum atomic E-state index is 11.7. The van der Waals surface area contributed by atoms with E-state index in [9.17, 15) is 9.59 Å². The van der Waals surface area contributed by atoms with E-state index in [1.165, 1.54) is 7.11 Å². The lowest BCUT2D eigenvalue weighted by molar-refractivity contribution is -0.142. The topological polar surface area (TPSA) is 75.6 Å². The van der Waals surface area contributed by atoms with Crippen LogP contribution in [0.1, 0.15) is 18.4 Å². The monoisotopic (exact) mass is 265 g/mol. The summed E-state index contributed by atoms with van der Waals surface area (Å²) in [6, 6.07) is 8.72. The van der Waals surface area contributed by atoms with Gasteiger partial charge < -0.3 is 15.2 Å². The highest BCUT2D eigenvalue weighted by molar-refractivity contribution is 5.83. The number of carbonyl (C=O) groups is 2.